The Morgan fingerprint density at radius 3 is 2.30 bits per heavy atom. The van der Waals surface area contributed by atoms with Crippen molar-refractivity contribution in [2.75, 3.05) is 0 Å². The van der Waals surface area contributed by atoms with Gasteiger partial charge < -0.3 is 5.73 Å². The van der Waals surface area contributed by atoms with E-state index in [4.69, 9.17) is 10.7 Å². The van der Waals surface area contributed by atoms with E-state index in [1.54, 1.807) is 0 Å². The van der Waals surface area contributed by atoms with Crippen LogP contribution >= 0.6 is 0 Å². The fraction of sp³-hybridized carbons (Fsp3) is 0.128. The molecular formula is C47H39N3. The van der Waals surface area contributed by atoms with Crippen LogP contribution in [0.25, 0.3) is 55.3 Å². The number of allylic oxidation sites excluding steroid dienone is 6. The molecule has 0 saturated carbocycles. The van der Waals surface area contributed by atoms with Crippen LogP contribution in [-0.4, -0.2) is 16.9 Å². The highest BCUT2D eigenvalue weighted by molar-refractivity contribution is 6.14. The van der Waals surface area contributed by atoms with E-state index >= 15 is 0 Å². The van der Waals surface area contributed by atoms with Gasteiger partial charge in [0.1, 0.15) is 6.34 Å². The summed E-state index contributed by atoms with van der Waals surface area (Å²) in [5.41, 5.74) is 22.1. The van der Waals surface area contributed by atoms with Crippen LogP contribution in [0.3, 0.4) is 0 Å². The molecule has 3 nitrogen and oxygen atoms in total. The summed E-state index contributed by atoms with van der Waals surface area (Å²) in [6.45, 7) is 4.69. The third-order valence-corrected chi connectivity index (χ3v) is 10.8. The lowest BCUT2D eigenvalue weighted by Crippen LogP contribution is -2.21. The SMILES string of the molecule is CC1(C)c2ccccc2-c2cc3c(cc21)c1ccc(-c2ccc(C4=CC=CCC4)cc2)cc1n3C=N/C(=C1/C=CC=CC1N)c1ccccc1. The standard InChI is InChI=1S/C47H39N3/c1-47(2)41-19-11-9-17-36(41)39-29-45-40(28-42(39)47)37-26-25-35(33-23-21-32(22-24-33)31-13-5-3-6-14-31)27-44(37)50(45)30-49-46(34-15-7-4-8-16-34)38-18-10-12-20-43(38)48/h3-5,7-13,15-30,43H,6,14,48H2,1-2H3/b46-38-,49-30?. The van der Waals surface area contributed by atoms with Crippen molar-refractivity contribution in [2.45, 2.75) is 38.1 Å². The number of benzene rings is 5. The lowest BCUT2D eigenvalue weighted by molar-refractivity contribution is 0.661. The van der Waals surface area contributed by atoms with Gasteiger partial charge in [-0.2, -0.15) is 0 Å². The van der Waals surface area contributed by atoms with Gasteiger partial charge in [0.25, 0.3) is 0 Å². The number of aliphatic imine (C=N–C) groups is 1. The summed E-state index contributed by atoms with van der Waals surface area (Å²) in [6.07, 6.45) is 19.0. The summed E-state index contributed by atoms with van der Waals surface area (Å²) in [6, 6.07) is 39.7. The Hall–Kier alpha value is -5.77. The van der Waals surface area contributed by atoms with Crippen molar-refractivity contribution in [3.63, 3.8) is 0 Å². The van der Waals surface area contributed by atoms with E-state index in [1.807, 2.05) is 30.6 Å². The first-order valence-corrected chi connectivity index (χ1v) is 17.6. The van der Waals surface area contributed by atoms with Crippen LogP contribution < -0.4 is 5.73 Å². The van der Waals surface area contributed by atoms with Crippen molar-refractivity contribution in [1.82, 2.24) is 4.57 Å². The molecule has 5 aromatic carbocycles. The lowest BCUT2D eigenvalue weighted by atomic mass is 9.82. The zero-order chi connectivity index (χ0) is 33.8. The smallest absolute Gasteiger partial charge is 0.100 e. The molecule has 6 aromatic rings. The molecule has 3 heteroatoms. The molecule has 0 radical (unpaired) electrons. The average molecular weight is 646 g/mol. The fourth-order valence-corrected chi connectivity index (χ4v) is 8.09. The van der Waals surface area contributed by atoms with Crippen LogP contribution in [0.5, 0.6) is 0 Å². The zero-order valence-electron chi connectivity index (χ0n) is 28.5. The second kappa shape index (κ2) is 12.0. The molecule has 0 amide bonds. The number of nitrogens with two attached hydrogens (primary N) is 1. The monoisotopic (exact) mass is 645 g/mol. The Morgan fingerprint density at radius 1 is 0.740 bits per heavy atom. The van der Waals surface area contributed by atoms with E-state index in [1.165, 1.54) is 55.3 Å². The molecule has 1 unspecified atom stereocenters. The van der Waals surface area contributed by atoms with Gasteiger partial charge in [0.2, 0.25) is 0 Å². The summed E-state index contributed by atoms with van der Waals surface area (Å²) in [5, 5.41) is 2.45. The number of hydrogen-bond donors (Lipinski definition) is 1. The van der Waals surface area contributed by atoms with E-state index in [0.29, 0.717) is 0 Å². The van der Waals surface area contributed by atoms with Crippen molar-refractivity contribution < 1.29 is 0 Å². The second-order valence-electron chi connectivity index (χ2n) is 14.1. The van der Waals surface area contributed by atoms with E-state index in [-0.39, 0.29) is 11.5 Å². The van der Waals surface area contributed by atoms with Gasteiger partial charge in [-0.05, 0) is 81.1 Å². The third kappa shape index (κ3) is 4.97. The summed E-state index contributed by atoms with van der Waals surface area (Å²) in [5.74, 6) is 0. The molecule has 0 fully saturated rings. The number of fused-ring (bicyclic) bond motifs is 6. The van der Waals surface area contributed by atoms with Gasteiger partial charge in [-0.15, -0.1) is 0 Å². The van der Waals surface area contributed by atoms with Crippen molar-refractivity contribution in [3.8, 4) is 22.3 Å². The van der Waals surface area contributed by atoms with Gasteiger partial charge in [-0.25, -0.2) is 4.99 Å². The second-order valence-corrected chi connectivity index (χ2v) is 14.1. The van der Waals surface area contributed by atoms with Crippen LogP contribution in [0.2, 0.25) is 0 Å². The Kier molecular flexibility index (Phi) is 7.26. The van der Waals surface area contributed by atoms with E-state index in [9.17, 15) is 0 Å². The molecule has 242 valence electrons. The molecule has 1 aromatic heterocycles. The largest absolute Gasteiger partial charge is 0.321 e. The van der Waals surface area contributed by atoms with Crippen molar-refractivity contribution >= 4 is 39.4 Å². The predicted molar refractivity (Wildman–Crippen MR) is 212 cm³/mol. The van der Waals surface area contributed by atoms with Gasteiger partial charge in [0.15, 0.2) is 0 Å². The molecule has 0 aliphatic heterocycles. The molecule has 3 aliphatic carbocycles. The topological polar surface area (TPSA) is 43.3 Å². The first kappa shape index (κ1) is 30.3. The minimum atomic E-state index is -0.234. The first-order valence-electron chi connectivity index (χ1n) is 17.6. The number of nitrogens with zero attached hydrogens (tertiary/aromatic N) is 2. The molecule has 1 atom stereocenters. The van der Waals surface area contributed by atoms with Gasteiger partial charge in [0, 0.05) is 21.8 Å². The zero-order valence-corrected chi connectivity index (χ0v) is 28.5. The highest BCUT2D eigenvalue weighted by atomic mass is 15.0. The van der Waals surface area contributed by atoms with E-state index < -0.39 is 0 Å². The Labute approximate surface area is 293 Å². The Balaban J connectivity index is 1.26. The molecule has 0 saturated heterocycles. The quantitative estimate of drug-likeness (QED) is 0.147. The van der Waals surface area contributed by atoms with E-state index in [2.05, 4.69) is 146 Å². The molecule has 1 heterocycles. The number of rotatable bonds is 5. The minimum absolute atomic E-state index is 0.0875. The average Bonchev–Trinajstić information content (AvgIpc) is 3.59. The van der Waals surface area contributed by atoms with Gasteiger partial charge in [-0.1, -0.05) is 147 Å². The van der Waals surface area contributed by atoms with Crippen molar-refractivity contribution in [1.29, 1.82) is 0 Å². The Bertz CT molecular complexity index is 2500. The molecule has 3 aliphatic rings. The first-order chi connectivity index (χ1) is 24.5. The summed E-state index contributed by atoms with van der Waals surface area (Å²) < 4.78 is 2.29. The highest BCUT2D eigenvalue weighted by Crippen LogP contribution is 2.50. The minimum Gasteiger partial charge on any atom is -0.321 e. The Morgan fingerprint density at radius 2 is 1.50 bits per heavy atom. The molecule has 50 heavy (non-hydrogen) atoms. The molecule has 0 bridgehead atoms. The molecule has 2 N–H and O–H groups in total. The van der Waals surface area contributed by atoms with Crippen LogP contribution in [0, 0.1) is 0 Å². The molecule has 9 rings (SSSR count). The maximum Gasteiger partial charge on any atom is 0.100 e. The van der Waals surface area contributed by atoms with Gasteiger partial charge in [-0.3, -0.25) is 4.57 Å². The van der Waals surface area contributed by atoms with Crippen LogP contribution in [0.4, 0.5) is 0 Å². The van der Waals surface area contributed by atoms with Crippen LogP contribution in [0.15, 0.2) is 162 Å². The van der Waals surface area contributed by atoms with Crippen molar-refractivity contribution in [3.05, 3.63) is 180 Å². The maximum atomic E-state index is 6.64. The third-order valence-electron chi connectivity index (χ3n) is 10.8. The summed E-state index contributed by atoms with van der Waals surface area (Å²) in [4.78, 5) is 5.28. The van der Waals surface area contributed by atoms with Crippen LogP contribution in [-0.2, 0) is 5.41 Å². The number of aromatic nitrogens is 1. The van der Waals surface area contributed by atoms with Gasteiger partial charge in [0.05, 0.1) is 22.8 Å². The summed E-state index contributed by atoms with van der Waals surface area (Å²) >= 11 is 0. The molecule has 0 spiro atoms. The van der Waals surface area contributed by atoms with Gasteiger partial charge >= 0.3 is 0 Å². The normalized spacial score (nSPS) is 18.5. The predicted octanol–water partition coefficient (Wildman–Crippen LogP) is 11.2. The summed E-state index contributed by atoms with van der Waals surface area (Å²) in [7, 11) is 0. The van der Waals surface area contributed by atoms with Crippen molar-refractivity contribution in [2.24, 2.45) is 10.7 Å². The number of hydrogen-bond acceptors (Lipinski definition) is 2. The fourth-order valence-electron chi connectivity index (χ4n) is 8.09. The molecular weight excluding hydrogens is 607 g/mol. The van der Waals surface area contributed by atoms with E-state index in [0.717, 1.165) is 40.7 Å². The highest BCUT2D eigenvalue weighted by Gasteiger charge is 2.36. The maximum absolute atomic E-state index is 6.64. The lowest BCUT2D eigenvalue weighted by Gasteiger charge is -2.21. The van der Waals surface area contributed by atoms with Crippen LogP contribution in [0.1, 0.15) is 48.9 Å².